The van der Waals surface area contributed by atoms with Gasteiger partial charge in [0.15, 0.2) is 0 Å². The number of anilines is 1. The standard InChI is InChI=1S/C15H20N2O4/c1-10(2)16-15(21)11-6-8-12(9-7-11)17-13(18)4-3-5-14(19)20/h6-10H,3-5H2,1-2H3,(H,16,21)(H,17,18)(H,19,20). The highest BCUT2D eigenvalue weighted by atomic mass is 16.4. The fraction of sp³-hybridized carbons (Fsp3) is 0.400. The van der Waals surface area contributed by atoms with Gasteiger partial charge in [0, 0.05) is 30.1 Å². The molecule has 0 radical (unpaired) electrons. The lowest BCUT2D eigenvalue weighted by Gasteiger charge is -2.09. The second-order valence-electron chi connectivity index (χ2n) is 5.00. The first-order valence-electron chi connectivity index (χ1n) is 6.81. The van der Waals surface area contributed by atoms with E-state index in [1.54, 1.807) is 24.3 Å². The van der Waals surface area contributed by atoms with Gasteiger partial charge in [-0.2, -0.15) is 0 Å². The number of carboxylic acid groups (broad SMARTS) is 1. The Bertz CT molecular complexity index is 509. The average molecular weight is 292 g/mol. The molecule has 0 heterocycles. The third-order valence-corrected chi connectivity index (χ3v) is 2.65. The first-order chi connectivity index (χ1) is 9.88. The molecule has 1 aromatic rings. The molecular weight excluding hydrogens is 272 g/mol. The highest BCUT2D eigenvalue weighted by Gasteiger charge is 2.08. The van der Waals surface area contributed by atoms with Gasteiger partial charge in [0.1, 0.15) is 0 Å². The van der Waals surface area contributed by atoms with Crippen LogP contribution in [0.3, 0.4) is 0 Å². The van der Waals surface area contributed by atoms with Crippen molar-refractivity contribution in [3.8, 4) is 0 Å². The van der Waals surface area contributed by atoms with Gasteiger partial charge >= 0.3 is 5.97 Å². The average Bonchev–Trinajstić information content (AvgIpc) is 2.38. The van der Waals surface area contributed by atoms with E-state index in [4.69, 9.17) is 5.11 Å². The van der Waals surface area contributed by atoms with Crippen LogP contribution in [0.2, 0.25) is 0 Å². The number of hydrogen-bond donors (Lipinski definition) is 3. The minimum absolute atomic E-state index is 0.0261. The topological polar surface area (TPSA) is 95.5 Å². The monoisotopic (exact) mass is 292 g/mol. The zero-order valence-corrected chi connectivity index (χ0v) is 12.2. The Hall–Kier alpha value is -2.37. The van der Waals surface area contributed by atoms with Gasteiger partial charge in [-0.3, -0.25) is 14.4 Å². The number of carbonyl (C=O) groups excluding carboxylic acids is 2. The molecule has 0 saturated carbocycles. The predicted molar refractivity (Wildman–Crippen MR) is 79.2 cm³/mol. The van der Waals surface area contributed by atoms with E-state index in [1.807, 2.05) is 13.8 Å². The van der Waals surface area contributed by atoms with Gasteiger partial charge in [-0.05, 0) is 44.5 Å². The maximum Gasteiger partial charge on any atom is 0.303 e. The van der Waals surface area contributed by atoms with E-state index < -0.39 is 5.97 Å². The van der Waals surface area contributed by atoms with Crippen molar-refractivity contribution in [1.82, 2.24) is 5.32 Å². The number of aliphatic carboxylic acids is 1. The van der Waals surface area contributed by atoms with Crippen LogP contribution in [0.1, 0.15) is 43.5 Å². The molecule has 0 unspecified atom stereocenters. The Morgan fingerprint density at radius 3 is 2.24 bits per heavy atom. The number of benzene rings is 1. The van der Waals surface area contributed by atoms with Crippen LogP contribution >= 0.6 is 0 Å². The fourth-order valence-corrected chi connectivity index (χ4v) is 1.67. The minimum atomic E-state index is -0.914. The first-order valence-corrected chi connectivity index (χ1v) is 6.81. The van der Waals surface area contributed by atoms with Crippen LogP contribution < -0.4 is 10.6 Å². The SMILES string of the molecule is CC(C)NC(=O)c1ccc(NC(=O)CCCC(=O)O)cc1. The smallest absolute Gasteiger partial charge is 0.303 e. The largest absolute Gasteiger partial charge is 0.481 e. The zero-order valence-electron chi connectivity index (χ0n) is 12.2. The molecule has 0 fully saturated rings. The summed E-state index contributed by atoms with van der Waals surface area (Å²) < 4.78 is 0. The van der Waals surface area contributed by atoms with Gasteiger partial charge in [-0.1, -0.05) is 0 Å². The lowest BCUT2D eigenvalue weighted by molar-refractivity contribution is -0.137. The predicted octanol–water partition coefficient (Wildman–Crippen LogP) is 2.02. The van der Waals surface area contributed by atoms with E-state index in [0.29, 0.717) is 17.7 Å². The summed E-state index contributed by atoms with van der Waals surface area (Å²) in [6, 6.07) is 6.61. The van der Waals surface area contributed by atoms with E-state index in [9.17, 15) is 14.4 Å². The number of amides is 2. The van der Waals surface area contributed by atoms with Crippen LogP contribution in [0.15, 0.2) is 24.3 Å². The van der Waals surface area contributed by atoms with E-state index in [0.717, 1.165) is 0 Å². The second kappa shape index (κ2) is 8.04. The van der Waals surface area contributed by atoms with Crippen molar-refractivity contribution in [2.75, 3.05) is 5.32 Å². The molecule has 3 N–H and O–H groups in total. The van der Waals surface area contributed by atoms with Crippen molar-refractivity contribution in [3.63, 3.8) is 0 Å². The molecule has 2 amide bonds. The maximum atomic E-state index is 11.7. The quantitative estimate of drug-likeness (QED) is 0.716. The molecule has 0 aliphatic carbocycles. The van der Waals surface area contributed by atoms with Crippen molar-refractivity contribution in [1.29, 1.82) is 0 Å². The van der Waals surface area contributed by atoms with Crippen LogP contribution in [-0.2, 0) is 9.59 Å². The Morgan fingerprint density at radius 2 is 1.71 bits per heavy atom. The molecule has 6 nitrogen and oxygen atoms in total. The summed E-state index contributed by atoms with van der Waals surface area (Å²) in [6.45, 7) is 3.76. The summed E-state index contributed by atoms with van der Waals surface area (Å²) >= 11 is 0. The van der Waals surface area contributed by atoms with E-state index in [-0.39, 0.29) is 30.7 Å². The molecule has 6 heteroatoms. The molecule has 0 atom stereocenters. The number of nitrogens with one attached hydrogen (secondary N) is 2. The van der Waals surface area contributed by atoms with Crippen LogP contribution in [0.5, 0.6) is 0 Å². The summed E-state index contributed by atoms with van der Waals surface area (Å²) in [5, 5.41) is 13.9. The lowest BCUT2D eigenvalue weighted by atomic mass is 10.1. The number of carbonyl (C=O) groups is 3. The van der Waals surface area contributed by atoms with Crippen LogP contribution in [-0.4, -0.2) is 28.9 Å². The fourth-order valence-electron chi connectivity index (χ4n) is 1.67. The summed E-state index contributed by atoms with van der Waals surface area (Å²) in [5.41, 5.74) is 1.10. The van der Waals surface area contributed by atoms with E-state index in [2.05, 4.69) is 10.6 Å². The lowest BCUT2D eigenvalue weighted by Crippen LogP contribution is -2.30. The van der Waals surface area contributed by atoms with Gasteiger partial charge in [-0.25, -0.2) is 0 Å². The summed E-state index contributed by atoms with van der Waals surface area (Å²) in [6.07, 6.45) is 0.430. The Morgan fingerprint density at radius 1 is 1.10 bits per heavy atom. The van der Waals surface area contributed by atoms with E-state index in [1.165, 1.54) is 0 Å². The molecule has 21 heavy (non-hydrogen) atoms. The minimum Gasteiger partial charge on any atom is -0.481 e. The van der Waals surface area contributed by atoms with Gasteiger partial charge in [0.2, 0.25) is 5.91 Å². The zero-order chi connectivity index (χ0) is 15.8. The highest BCUT2D eigenvalue weighted by Crippen LogP contribution is 2.11. The van der Waals surface area contributed by atoms with Crippen molar-refractivity contribution >= 4 is 23.5 Å². The maximum absolute atomic E-state index is 11.7. The van der Waals surface area contributed by atoms with Gasteiger partial charge in [0.25, 0.3) is 5.91 Å². The number of hydrogen-bond acceptors (Lipinski definition) is 3. The normalized spacial score (nSPS) is 10.2. The molecule has 0 aliphatic heterocycles. The molecular formula is C15H20N2O4. The number of rotatable bonds is 7. The van der Waals surface area contributed by atoms with Crippen molar-refractivity contribution in [2.45, 2.75) is 39.2 Å². The highest BCUT2D eigenvalue weighted by molar-refractivity contribution is 5.95. The number of carboxylic acids is 1. The molecule has 0 aromatic heterocycles. The first kappa shape index (κ1) is 16.7. The van der Waals surface area contributed by atoms with Crippen molar-refractivity contribution < 1.29 is 19.5 Å². The van der Waals surface area contributed by atoms with Crippen LogP contribution in [0, 0.1) is 0 Å². The molecule has 114 valence electrons. The van der Waals surface area contributed by atoms with Crippen LogP contribution in [0.4, 0.5) is 5.69 Å². The molecule has 0 bridgehead atoms. The molecule has 1 aromatic carbocycles. The summed E-state index contributed by atoms with van der Waals surface area (Å²) in [5.74, 6) is -1.32. The molecule has 1 rings (SSSR count). The van der Waals surface area contributed by atoms with Crippen LogP contribution in [0.25, 0.3) is 0 Å². The van der Waals surface area contributed by atoms with Crippen molar-refractivity contribution in [3.05, 3.63) is 29.8 Å². The van der Waals surface area contributed by atoms with Gasteiger partial charge < -0.3 is 15.7 Å². The molecule has 0 saturated heterocycles. The molecule has 0 aliphatic rings. The van der Waals surface area contributed by atoms with Crippen molar-refractivity contribution in [2.24, 2.45) is 0 Å². The molecule has 0 spiro atoms. The Kier molecular flexibility index (Phi) is 6.39. The van der Waals surface area contributed by atoms with E-state index >= 15 is 0 Å². The summed E-state index contributed by atoms with van der Waals surface area (Å²) in [7, 11) is 0. The Labute approximate surface area is 123 Å². The van der Waals surface area contributed by atoms with Gasteiger partial charge in [0.05, 0.1) is 0 Å². The third kappa shape index (κ3) is 6.56. The Balaban J connectivity index is 2.49. The third-order valence-electron chi connectivity index (χ3n) is 2.65. The second-order valence-corrected chi connectivity index (χ2v) is 5.00. The van der Waals surface area contributed by atoms with Gasteiger partial charge in [-0.15, -0.1) is 0 Å². The summed E-state index contributed by atoms with van der Waals surface area (Å²) in [4.78, 5) is 33.7.